The molecule has 0 aromatic carbocycles. The zero-order valence-electron chi connectivity index (χ0n) is 8.60. The topological polar surface area (TPSA) is 41.1 Å². The van der Waals surface area contributed by atoms with Crippen molar-refractivity contribution in [1.29, 1.82) is 0 Å². The minimum absolute atomic E-state index is 0.242. The number of nitrogens with one attached hydrogen (secondary N) is 2. The van der Waals surface area contributed by atoms with Gasteiger partial charge in [-0.15, -0.1) is 0 Å². The van der Waals surface area contributed by atoms with Crippen molar-refractivity contribution in [1.82, 2.24) is 10.6 Å². The van der Waals surface area contributed by atoms with Crippen LogP contribution in [0.15, 0.2) is 0 Å². The third-order valence-corrected chi connectivity index (χ3v) is 2.48. The molecule has 13 heavy (non-hydrogen) atoms. The normalized spacial score (nSPS) is 18.3. The minimum atomic E-state index is 0.242. The van der Waals surface area contributed by atoms with Crippen LogP contribution in [0.2, 0.25) is 0 Å². The smallest absolute Gasteiger partial charge is 0.223 e. The summed E-state index contributed by atoms with van der Waals surface area (Å²) in [5.41, 5.74) is 0. The van der Waals surface area contributed by atoms with Crippen LogP contribution in [0.1, 0.15) is 33.1 Å². The summed E-state index contributed by atoms with van der Waals surface area (Å²) in [4.78, 5) is 11.2. The predicted molar refractivity (Wildman–Crippen MR) is 53.5 cm³/mol. The first kappa shape index (κ1) is 10.5. The van der Waals surface area contributed by atoms with Gasteiger partial charge < -0.3 is 10.6 Å². The highest BCUT2D eigenvalue weighted by Crippen LogP contribution is 2.28. The standard InChI is InChI=1S/C10H20N2O/c1-3-8(2)11-6-7-12-10(13)9-4-5-9/h8-9,11H,3-7H2,1-2H3,(H,12,13)/t8-/m0/s1. The lowest BCUT2D eigenvalue weighted by Crippen LogP contribution is -2.36. The SMILES string of the molecule is CC[C@H](C)NCCNC(=O)C1CC1. The van der Waals surface area contributed by atoms with Gasteiger partial charge in [-0.3, -0.25) is 4.79 Å². The maximum atomic E-state index is 11.2. The van der Waals surface area contributed by atoms with E-state index in [1.54, 1.807) is 0 Å². The molecule has 0 saturated heterocycles. The fourth-order valence-corrected chi connectivity index (χ4v) is 1.14. The number of amides is 1. The molecule has 0 radical (unpaired) electrons. The van der Waals surface area contributed by atoms with Gasteiger partial charge in [-0.1, -0.05) is 6.92 Å². The van der Waals surface area contributed by atoms with E-state index in [2.05, 4.69) is 24.5 Å². The fourth-order valence-electron chi connectivity index (χ4n) is 1.14. The molecule has 1 amide bonds. The molecule has 1 aliphatic carbocycles. The van der Waals surface area contributed by atoms with E-state index in [-0.39, 0.29) is 5.91 Å². The molecule has 0 spiro atoms. The molecule has 3 heteroatoms. The van der Waals surface area contributed by atoms with Gasteiger partial charge in [-0.05, 0) is 26.2 Å². The van der Waals surface area contributed by atoms with Crippen LogP contribution in [0.25, 0.3) is 0 Å². The summed E-state index contributed by atoms with van der Waals surface area (Å²) in [6.07, 6.45) is 3.31. The predicted octanol–water partition coefficient (Wildman–Crippen LogP) is 0.901. The van der Waals surface area contributed by atoms with Crippen molar-refractivity contribution in [2.75, 3.05) is 13.1 Å². The summed E-state index contributed by atoms with van der Waals surface area (Å²) in [5.74, 6) is 0.578. The van der Waals surface area contributed by atoms with Crippen LogP contribution in [0, 0.1) is 5.92 Å². The molecule has 1 saturated carbocycles. The van der Waals surface area contributed by atoms with Crippen LogP contribution in [0.3, 0.4) is 0 Å². The Hall–Kier alpha value is -0.570. The Labute approximate surface area is 80.3 Å². The van der Waals surface area contributed by atoms with E-state index in [4.69, 9.17) is 0 Å². The highest BCUT2D eigenvalue weighted by molar-refractivity contribution is 5.80. The van der Waals surface area contributed by atoms with Crippen molar-refractivity contribution in [3.05, 3.63) is 0 Å². The molecule has 1 atom stereocenters. The molecule has 0 bridgehead atoms. The van der Waals surface area contributed by atoms with Crippen LogP contribution in [-0.2, 0) is 4.79 Å². The van der Waals surface area contributed by atoms with E-state index in [9.17, 15) is 4.79 Å². The van der Waals surface area contributed by atoms with Gasteiger partial charge in [0, 0.05) is 25.0 Å². The Kier molecular flexibility index (Phi) is 4.22. The van der Waals surface area contributed by atoms with E-state index in [0.717, 1.165) is 32.4 Å². The molecule has 0 unspecified atom stereocenters. The second-order valence-electron chi connectivity index (χ2n) is 3.83. The van der Waals surface area contributed by atoms with Crippen LogP contribution in [0.5, 0.6) is 0 Å². The number of carbonyl (C=O) groups excluding carboxylic acids is 1. The second kappa shape index (κ2) is 5.22. The zero-order valence-corrected chi connectivity index (χ0v) is 8.60. The van der Waals surface area contributed by atoms with E-state index in [0.29, 0.717) is 12.0 Å². The average molecular weight is 184 g/mol. The van der Waals surface area contributed by atoms with Gasteiger partial charge in [0.2, 0.25) is 5.91 Å². The van der Waals surface area contributed by atoms with Crippen molar-refractivity contribution in [2.24, 2.45) is 5.92 Å². The van der Waals surface area contributed by atoms with Crippen LogP contribution < -0.4 is 10.6 Å². The third-order valence-electron chi connectivity index (χ3n) is 2.48. The summed E-state index contributed by atoms with van der Waals surface area (Å²) >= 11 is 0. The van der Waals surface area contributed by atoms with Gasteiger partial charge in [0.15, 0.2) is 0 Å². The van der Waals surface area contributed by atoms with Gasteiger partial charge >= 0.3 is 0 Å². The molecule has 0 aliphatic heterocycles. The van der Waals surface area contributed by atoms with Crippen molar-refractivity contribution in [3.63, 3.8) is 0 Å². The van der Waals surface area contributed by atoms with Crippen molar-refractivity contribution in [2.45, 2.75) is 39.2 Å². The molecule has 0 heterocycles. The molecule has 0 aromatic heterocycles. The molecule has 2 N–H and O–H groups in total. The summed E-state index contributed by atoms with van der Waals surface area (Å²) in [6.45, 7) is 5.95. The molecule has 76 valence electrons. The monoisotopic (exact) mass is 184 g/mol. The number of hydrogen-bond donors (Lipinski definition) is 2. The van der Waals surface area contributed by atoms with Crippen LogP contribution in [0.4, 0.5) is 0 Å². The average Bonchev–Trinajstić information content (AvgIpc) is 2.94. The Balaban J connectivity index is 1.91. The third kappa shape index (κ3) is 4.27. The summed E-state index contributed by atoms with van der Waals surface area (Å²) < 4.78 is 0. The minimum Gasteiger partial charge on any atom is -0.355 e. The van der Waals surface area contributed by atoms with Gasteiger partial charge in [0.25, 0.3) is 0 Å². The molecule has 0 aromatic rings. The maximum absolute atomic E-state index is 11.2. The second-order valence-corrected chi connectivity index (χ2v) is 3.83. The van der Waals surface area contributed by atoms with Gasteiger partial charge in [0.1, 0.15) is 0 Å². The highest BCUT2D eigenvalue weighted by Gasteiger charge is 2.28. The van der Waals surface area contributed by atoms with Crippen LogP contribution >= 0.6 is 0 Å². The highest BCUT2D eigenvalue weighted by atomic mass is 16.2. The summed E-state index contributed by atoms with van der Waals surface area (Å²) in [7, 11) is 0. The van der Waals surface area contributed by atoms with E-state index in [1.807, 2.05) is 0 Å². The van der Waals surface area contributed by atoms with E-state index in [1.165, 1.54) is 0 Å². The number of carbonyl (C=O) groups is 1. The number of rotatable bonds is 6. The lowest BCUT2D eigenvalue weighted by atomic mass is 10.2. The molecular weight excluding hydrogens is 164 g/mol. The molecule has 3 nitrogen and oxygen atoms in total. The lowest BCUT2D eigenvalue weighted by molar-refractivity contribution is -0.122. The lowest BCUT2D eigenvalue weighted by Gasteiger charge is -2.11. The van der Waals surface area contributed by atoms with Crippen molar-refractivity contribution in [3.8, 4) is 0 Å². The summed E-state index contributed by atoms with van der Waals surface area (Å²) in [5, 5.41) is 6.25. The first-order chi connectivity index (χ1) is 6.24. The summed E-state index contributed by atoms with van der Waals surface area (Å²) in [6, 6.07) is 0.554. The molecule has 1 aliphatic rings. The van der Waals surface area contributed by atoms with E-state index < -0.39 is 0 Å². The molecule has 1 fully saturated rings. The quantitative estimate of drug-likeness (QED) is 0.602. The Morgan fingerprint density at radius 3 is 2.69 bits per heavy atom. The molecule has 1 rings (SSSR count). The largest absolute Gasteiger partial charge is 0.355 e. The van der Waals surface area contributed by atoms with Gasteiger partial charge in [0.05, 0.1) is 0 Å². The van der Waals surface area contributed by atoms with Gasteiger partial charge in [-0.2, -0.15) is 0 Å². The zero-order chi connectivity index (χ0) is 9.68. The Morgan fingerprint density at radius 2 is 2.15 bits per heavy atom. The first-order valence-electron chi connectivity index (χ1n) is 5.25. The van der Waals surface area contributed by atoms with E-state index >= 15 is 0 Å². The van der Waals surface area contributed by atoms with Crippen molar-refractivity contribution >= 4 is 5.91 Å². The van der Waals surface area contributed by atoms with Crippen LogP contribution in [-0.4, -0.2) is 25.0 Å². The maximum Gasteiger partial charge on any atom is 0.223 e. The fraction of sp³-hybridized carbons (Fsp3) is 0.900. The number of hydrogen-bond acceptors (Lipinski definition) is 2. The molecular formula is C10H20N2O. The van der Waals surface area contributed by atoms with Crippen molar-refractivity contribution < 1.29 is 4.79 Å². The van der Waals surface area contributed by atoms with Gasteiger partial charge in [-0.25, -0.2) is 0 Å². The Bertz CT molecular complexity index is 166. The Morgan fingerprint density at radius 1 is 1.46 bits per heavy atom. The first-order valence-corrected chi connectivity index (χ1v) is 5.25.